The maximum atomic E-state index is 8.14. The molecule has 0 aliphatic heterocycles. The molecule has 35 valence electrons. The van der Waals surface area contributed by atoms with Crippen LogP contribution in [0, 0.1) is 5.92 Å². The number of hydrogen-bond donors (Lipinski definition) is 1. The molecule has 0 aromatic heterocycles. The van der Waals surface area contributed by atoms with Gasteiger partial charge in [-0.3, -0.25) is 0 Å². The summed E-state index contributed by atoms with van der Waals surface area (Å²) in [5, 5.41) is 8.14. The van der Waals surface area contributed by atoms with Gasteiger partial charge in [-0.25, -0.2) is 0 Å². The molecule has 0 spiro atoms. The van der Waals surface area contributed by atoms with Crippen molar-refractivity contribution in [3.8, 4) is 0 Å². The maximum Gasteiger partial charge on any atom is 0.0453 e. The summed E-state index contributed by atoms with van der Waals surface area (Å²) in [5.41, 5.74) is 0. The molecule has 0 aliphatic carbocycles. The molecular weight excluding hydrogens is 179 g/mol. The Labute approximate surface area is 57.5 Å². The molecule has 0 rings (SSSR count). The van der Waals surface area contributed by atoms with Crippen molar-refractivity contribution in [3.63, 3.8) is 0 Å². The zero-order valence-electron chi connectivity index (χ0n) is 4.31. The molecule has 0 fully saturated rings. The molecule has 6 heavy (non-hydrogen) atoms. The van der Waals surface area contributed by atoms with Crippen LogP contribution in [-0.2, 0) is 0 Å². The van der Waals surface area contributed by atoms with E-state index in [1.54, 1.807) is 0 Å². The first-order valence-electron chi connectivity index (χ1n) is 1.88. The predicted octanol–water partition coefficient (Wildman–Crippen LogP) is 0.254. The minimum absolute atomic E-state index is 0. The van der Waals surface area contributed by atoms with Crippen LogP contribution in [0.4, 0.5) is 0 Å². The molecule has 0 unspecified atom stereocenters. The van der Waals surface area contributed by atoms with Crippen LogP contribution in [-0.4, -0.2) is 37.6 Å². The van der Waals surface area contributed by atoms with E-state index in [4.69, 9.17) is 5.11 Å². The molecule has 0 aromatic carbocycles. The second-order valence-corrected chi connectivity index (χ2v) is 1.58. The molecule has 0 heterocycles. The summed E-state index contributed by atoms with van der Waals surface area (Å²) >= 11 is 0. The van der Waals surface area contributed by atoms with Gasteiger partial charge in [-0.05, 0) is 5.92 Å². The van der Waals surface area contributed by atoms with Gasteiger partial charge in [-0.2, -0.15) is 0 Å². The normalized spacial score (nSPS) is 8.00. The summed E-state index contributed by atoms with van der Waals surface area (Å²) < 4.78 is 0. The van der Waals surface area contributed by atoms with Gasteiger partial charge in [0.2, 0.25) is 0 Å². The summed E-state index contributed by atoms with van der Waals surface area (Å²) in [4.78, 5) is 0. The Kier molecular flexibility index (Phi) is 9.67. The standard InChI is InChI=1S/C4H10O.In/c1-4(2)3-5;/h4-5H,3H2,1-2H3;. The second-order valence-electron chi connectivity index (χ2n) is 1.58. The van der Waals surface area contributed by atoms with Gasteiger partial charge in [0.15, 0.2) is 0 Å². The van der Waals surface area contributed by atoms with E-state index in [9.17, 15) is 0 Å². The minimum Gasteiger partial charge on any atom is -0.396 e. The van der Waals surface area contributed by atoms with Gasteiger partial charge in [0, 0.05) is 32.5 Å². The van der Waals surface area contributed by atoms with E-state index < -0.39 is 0 Å². The molecule has 3 radical (unpaired) electrons. The minimum atomic E-state index is 0. The van der Waals surface area contributed by atoms with E-state index in [-0.39, 0.29) is 25.8 Å². The molecule has 0 bridgehead atoms. The van der Waals surface area contributed by atoms with Crippen molar-refractivity contribution < 1.29 is 5.11 Å². The fourth-order valence-corrected chi connectivity index (χ4v) is 0. The first-order chi connectivity index (χ1) is 2.27. The van der Waals surface area contributed by atoms with Gasteiger partial charge in [0.1, 0.15) is 0 Å². The van der Waals surface area contributed by atoms with Crippen molar-refractivity contribution >= 4 is 25.8 Å². The summed E-state index contributed by atoms with van der Waals surface area (Å²) in [6, 6.07) is 0. The van der Waals surface area contributed by atoms with E-state index in [1.807, 2.05) is 13.8 Å². The summed E-state index contributed by atoms with van der Waals surface area (Å²) in [6.07, 6.45) is 0. The van der Waals surface area contributed by atoms with Crippen molar-refractivity contribution in [2.45, 2.75) is 13.8 Å². The van der Waals surface area contributed by atoms with E-state index in [2.05, 4.69) is 0 Å². The van der Waals surface area contributed by atoms with Gasteiger partial charge in [0.05, 0.1) is 0 Å². The smallest absolute Gasteiger partial charge is 0.0453 e. The number of aliphatic hydroxyl groups is 1. The molecule has 0 amide bonds. The Bertz CT molecular complexity index is 21.5. The van der Waals surface area contributed by atoms with Gasteiger partial charge in [-0.1, -0.05) is 13.8 Å². The predicted molar refractivity (Wildman–Crippen MR) is 27.7 cm³/mol. The van der Waals surface area contributed by atoms with Crippen LogP contribution in [0.1, 0.15) is 13.8 Å². The van der Waals surface area contributed by atoms with Crippen LogP contribution in [0.25, 0.3) is 0 Å². The number of rotatable bonds is 1. The molecule has 0 saturated heterocycles. The molecule has 1 nitrogen and oxygen atoms in total. The van der Waals surface area contributed by atoms with Crippen LogP contribution in [0.5, 0.6) is 0 Å². The Morgan fingerprint density at radius 1 is 1.50 bits per heavy atom. The SMILES string of the molecule is CC(C)CO.[In]. The topological polar surface area (TPSA) is 20.2 Å². The average molecular weight is 189 g/mol. The zero-order valence-corrected chi connectivity index (χ0v) is 7.60. The van der Waals surface area contributed by atoms with E-state index in [0.717, 1.165) is 0 Å². The van der Waals surface area contributed by atoms with Gasteiger partial charge in [0.25, 0.3) is 0 Å². The average Bonchev–Trinajstić information content (AvgIpc) is 1.38. The van der Waals surface area contributed by atoms with Crippen LogP contribution in [0.15, 0.2) is 0 Å². The van der Waals surface area contributed by atoms with E-state index in [1.165, 1.54) is 0 Å². The van der Waals surface area contributed by atoms with Gasteiger partial charge < -0.3 is 5.11 Å². The summed E-state index contributed by atoms with van der Waals surface area (Å²) in [6.45, 7) is 4.25. The largest absolute Gasteiger partial charge is 0.396 e. The Morgan fingerprint density at radius 3 is 1.67 bits per heavy atom. The van der Waals surface area contributed by atoms with Crippen molar-refractivity contribution in [2.24, 2.45) is 5.92 Å². The fraction of sp³-hybridized carbons (Fsp3) is 1.00. The Hall–Kier alpha value is 0.830. The van der Waals surface area contributed by atoms with E-state index in [0.29, 0.717) is 12.5 Å². The third-order valence-electron chi connectivity index (χ3n) is 0.365. The quantitative estimate of drug-likeness (QED) is 0.626. The first-order valence-corrected chi connectivity index (χ1v) is 1.88. The van der Waals surface area contributed by atoms with Crippen LogP contribution >= 0.6 is 0 Å². The molecule has 2 heteroatoms. The maximum absolute atomic E-state index is 8.14. The van der Waals surface area contributed by atoms with Gasteiger partial charge >= 0.3 is 0 Å². The molecule has 0 saturated carbocycles. The third kappa shape index (κ3) is 8.85. The van der Waals surface area contributed by atoms with E-state index >= 15 is 0 Å². The zero-order chi connectivity index (χ0) is 4.28. The molecule has 0 aliphatic rings. The van der Waals surface area contributed by atoms with Crippen LogP contribution in [0.2, 0.25) is 0 Å². The van der Waals surface area contributed by atoms with Crippen molar-refractivity contribution in [3.05, 3.63) is 0 Å². The number of aliphatic hydroxyl groups excluding tert-OH is 1. The molecular formula is C4H10InO. The summed E-state index contributed by atoms with van der Waals surface area (Å²) in [5.74, 6) is 0.440. The third-order valence-corrected chi connectivity index (χ3v) is 0.365. The Balaban J connectivity index is 0. The fourth-order valence-electron chi connectivity index (χ4n) is 0. The van der Waals surface area contributed by atoms with Crippen molar-refractivity contribution in [2.75, 3.05) is 6.61 Å². The molecule has 0 aromatic rings. The van der Waals surface area contributed by atoms with Crippen molar-refractivity contribution in [1.29, 1.82) is 0 Å². The molecule has 0 atom stereocenters. The monoisotopic (exact) mass is 189 g/mol. The van der Waals surface area contributed by atoms with Crippen molar-refractivity contribution in [1.82, 2.24) is 0 Å². The first kappa shape index (κ1) is 9.95. The van der Waals surface area contributed by atoms with Crippen LogP contribution < -0.4 is 0 Å². The van der Waals surface area contributed by atoms with Gasteiger partial charge in [-0.15, -0.1) is 0 Å². The van der Waals surface area contributed by atoms with Crippen LogP contribution in [0.3, 0.4) is 0 Å². The molecule has 1 N–H and O–H groups in total. The summed E-state index contributed by atoms with van der Waals surface area (Å²) in [7, 11) is 0. The Morgan fingerprint density at radius 2 is 1.67 bits per heavy atom. The second kappa shape index (κ2) is 5.83. The number of hydrogen-bond acceptors (Lipinski definition) is 1.